The molecule has 4 rings (SSSR count). The summed E-state index contributed by atoms with van der Waals surface area (Å²) in [5.41, 5.74) is 0.405. The molecule has 3 unspecified atom stereocenters. The highest BCUT2D eigenvalue weighted by atomic mass is 79.9. The second kappa shape index (κ2) is 7.55. The first-order chi connectivity index (χ1) is 13.9. The number of alkyl halides is 1. The molecule has 1 aromatic rings. The average molecular weight is 501 g/mol. The molecule has 1 aromatic carbocycles. The molecular weight excluding hydrogens is 471 g/mol. The van der Waals surface area contributed by atoms with Crippen LogP contribution in [0.15, 0.2) is 27.6 Å². The van der Waals surface area contributed by atoms with Crippen LogP contribution in [-0.2, 0) is 10.0 Å². The summed E-state index contributed by atoms with van der Waals surface area (Å²) in [6.07, 6.45) is 3.14. The van der Waals surface area contributed by atoms with Gasteiger partial charge in [-0.05, 0) is 83.0 Å². The Labute approximate surface area is 187 Å². The number of carbonyl (C=O) groups excluding carboxylic acids is 1. The second-order valence-electron chi connectivity index (χ2n) is 10.1. The van der Waals surface area contributed by atoms with Crippen molar-refractivity contribution in [2.24, 2.45) is 16.7 Å². The molecule has 1 saturated heterocycles. The highest BCUT2D eigenvalue weighted by Gasteiger charge is 2.59. The molecule has 166 valence electrons. The van der Waals surface area contributed by atoms with Crippen LogP contribution in [0.1, 0.15) is 63.2 Å². The number of carbonyl (C=O) groups is 1. The van der Waals surface area contributed by atoms with Gasteiger partial charge < -0.3 is 5.32 Å². The summed E-state index contributed by atoms with van der Waals surface area (Å²) in [4.78, 5) is 13.1. The minimum atomic E-state index is -3.89. The van der Waals surface area contributed by atoms with Crippen molar-refractivity contribution in [1.82, 2.24) is 9.62 Å². The zero-order valence-electron chi connectivity index (χ0n) is 17.7. The summed E-state index contributed by atoms with van der Waals surface area (Å²) >= 11 is 3.31. The van der Waals surface area contributed by atoms with Crippen LogP contribution in [0.25, 0.3) is 0 Å². The van der Waals surface area contributed by atoms with Crippen LogP contribution in [0.3, 0.4) is 0 Å². The number of sulfonamides is 1. The summed E-state index contributed by atoms with van der Waals surface area (Å²) in [5.74, 6) is 0.342. The number of piperidine rings is 1. The standard InChI is InChI=1S/C22H30BrFN2O3S/c1-21(2)15-8-9-22(3,12-15)20(21)25-19(27)14-6-7-17(23)18(11-14)30(28,29)26-10-4-5-16(24)13-26/h6-7,11,15-16,20H,4-5,8-10,12-13H2,1-3H3,(H,25,27)/t15-,16?,20?,22?/m1/s1. The van der Waals surface area contributed by atoms with Gasteiger partial charge in [0.2, 0.25) is 10.0 Å². The number of amides is 1. The minimum absolute atomic E-state index is 0.0108. The molecule has 30 heavy (non-hydrogen) atoms. The number of halogens is 2. The van der Waals surface area contributed by atoms with Gasteiger partial charge in [-0.15, -0.1) is 0 Å². The molecule has 3 aliphatic rings. The Morgan fingerprint density at radius 1 is 1.27 bits per heavy atom. The third-order valence-corrected chi connectivity index (χ3v) is 10.5. The highest BCUT2D eigenvalue weighted by Crippen LogP contribution is 2.62. The molecule has 2 saturated carbocycles. The Bertz CT molecular complexity index is 962. The van der Waals surface area contributed by atoms with Crippen molar-refractivity contribution < 1.29 is 17.6 Å². The van der Waals surface area contributed by atoms with Gasteiger partial charge in [-0.2, -0.15) is 4.31 Å². The monoisotopic (exact) mass is 500 g/mol. The van der Waals surface area contributed by atoms with Crippen LogP contribution >= 0.6 is 15.9 Å². The van der Waals surface area contributed by atoms with Crippen LogP contribution < -0.4 is 5.32 Å². The minimum Gasteiger partial charge on any atom is -0.348 e. The van der Waals surface area contributed by atoms with E-state index in [1.807, 2.05) is 0 Å². The van der Waals surface area contributed by atoms with Crippen LogP contribution in [0.4, 0.5) is 4.39 Å². The molecule has 2 bridgehead atoms. The predicted molar refractivity (Wildman–Crippen MR) is 118 cm³/mol. The SMILES string of the molecule is CC12CC[C@H](C1)C(C)(C)C2NC(=O)c1ccc(Br)c(S(=O)(=O)N2CCCC(F)C2)c1. The van der Waals surface area contributed by atoms with Crippen molar-refractivity contribution in [2.45, 2.75) is 70.0 Å². The van der Waals surface area contributed by atoms with Gasteiger partial charge in [0.05, 0.1) is 4.90 Å². The molecule has 8 heteroatoms. The summed E-state index contributed by atoms with van der Waals surface area (Å²) in [6, 6.07) is 4.69. The van der Waals surface area contributed by atoms with E-state index in [1.165, 1.54) is 16.8 Å². The maximum atomic E-state index is 13.8. The average Bonchev–Trinajstić information content (AvgIpc) is 3.16. The van der Waals surface area contributed by atoms with Gasteiger partial charge in [0.15, 0.2) is 0 Å². The molecule has 5 nitrogen and oxygen atoms in total. The van der Waals surface area contributed by atoms with Gasteiger partial charge in [-0.1, -0.05) is 20.8 Å². The quantitative estimate of drug-likeness (QED) is 0.660. The third kappa shape index (κ3) is 3.62. The fraction of sp³-hybridized carbons (Fsp3) is 0.682. The summed E-state index contributed by atoms with van der Waals surface area (Å²) in [5, 5.41) is 3.22. The predicted octanol–water partition coefficient (Wildman–Crippen LogP) is 4.52. The Balaban J connectivity index is 1.60. The fourth-order valence-corrected chi connectivity index (χ4v) is 8.43. The number of rotatable bonds is 4. The lowest BCUT2D eigenvalue weighted by molar-refractivity contribution is 0.0737. The van der Waals surface area contributed by atoms with Gasteiger partial charge in [0, 0.05) is 29.2 Å². The summed E-state index contributed by atoms with van der Waals surface area (Å²) < 4.78 is 41.6. The van der Waals surface area contributed by atoms with Crippen molar-refractivity contribution in [3.8, 4) is 0 Å². The molecule has 1 aliphatic heterocycles. The van der Waals surface area contributed by atoms with Crippen molar-refractivity contribution >= 4 is 31.9 Å². The van der Waals surface area contributed by atoms with Crippen molar-refractivity contribution in [3.63, 3.8) is 0 Å². The van der Waals surface area contributed by atoms with E-state index in [9.17, 15) is 17.6 Å². The number of nitrogens with one attached hydrogen (secondary N) is 1. The molecule has 4 atom stereocenters. The molecule has 1 heterocycles. The smallest absolute Gasteiger partial charge is 0.251 e. The Hall–Kier alpha value is -0.990. The maximum Gasteiger partial charge on any atom is 0.251 e. The molecule has 0 spiro atoms. The Morgan fingerprint density at radius 3 is 2.63 bits per heavy atom. The Morgan fingerprint density at radius 2 is 2.00 bits per heavy atom. The normalized spacial score (nSPS) is 33.6. The lowest BCUT2D eigenvalue weighted by Crippen LogP contribution is -2.52. The molecule has 1 amide bonds. The van der Waals surface area contributed by atoms with Gasteiger partial charge in [0.1, 0.15) is 6.17 Å². The van der Waals surface area contributed by atoms with E-state index in [2.05, 4.69) is 42.0 Å². The van der Waals surface area contributed by atoms with Crippen molar-refractivity contribution in [1.29, 1.82) is 0 Å². The Kier molecular flexibility index (Phi) is 5.59. The molecule has 0 radical (unpaired) electrons. The first-order valence-corrected chi connectivity index (χ1v) is 12.9. The zero-order valence-corrected chi connectivity index (χ0v) is 20.2. The van der Waals surface area contributed by atoms with E-state index in [0.717, 1.165) is 12.8 Å². The zero-order chi connectivity index (χ0) is 21.9. The number of hydrogen-bond acceptors (Lipinski definition) is 3. The fourth-order valence-electron chi connectivity index (χ4n) is 5.97. The molecule has 2 aliphatic carbocycles. The van der Waals surface area contributed by atoms with Crippen molar-refractivity contribution in [3.05, 3.63) is 28.2 Å². The lowest BCUT2D eigenvalue weighted by Gasteiger charge is -2.43. The number of benzene rings is 1. The number of hydrogen-bond donors (Lipinski definition) is 1. The second-order valence-corrected chi connectivity index (χ2v) is 12.8. The van der Waals surface area contributed by atoms with E-state index in [1.54, 1.807) is 12.1 Å². The van der Waals surface area contributed by atoms with E-state index >= 15 is 0 Å². The molecular formula is C22H30BrFN2O3S. The van der Waals surface area contributed by atoms with Crippen molar-refractivity contribution in [2.75, 3.05) is 13.1 Å². The largest absolute Gasteiger partial charge is 0.348 e. The molecule has 3 fully saturated rings. The van der Waals surface area contributed by atoms with Crippen LogP contribution in [-0.4, -0.2) is 43.9 Å². The van der Waals surface area contributed by atoms with Crippen LogP contribution in [0.2, 0.25) is 0 Å². The lowest BCUT2D eigenvalue weighted by atomic mass is 9.68. The maximum absolute atomic E-state index is 13.8. The highest BCUT2D eigenvalue weighted by molar-refractivity contribution is 9.10. The topological polar surface area (TPSA) is 66.5 Å². The van der Waals surface area contributed by atoms with E-state index in [0.29, 0.717) is 35.3 Å². The summed E-state index contributed by atoms with van der Waals surface area (Å²) in [7, 11) is -3.89. The first kappa shape index (κ1) is 22.2. The summed E-state index contributed by atoms with van der Waals surface area (Å²) in [6.45, 7) is 6.83. The number of nitrogens with zero attached hydrogens (tertiary/aromatic N) is 1. The van der Waals surface area contributed by atoms with Crippen LogP contribution in [0, 0.1) is 16.7 Å². The first-order valence-electron chi connectivity index (χ1n) is 10.7. The van der Waals surface area contributed by atoms with E-state index < -0.39 is 16.2 Å². The van der Waals surface area contributed by atoms with Gasteiger partial charge in [-0.25, -0.2) is 12.8 Å². The van der Waals surface area contributed by atoms with E-state index in [-0.39, 0.29) is 34.2 Å². The van der Waals surface area contributed by atoms with Gasteiger partial charge in [-0.3, -0.25) is 4.79 Å². The van der Waals surface area contributed by atoms with E-state index in [4.69, 9.17) is 0 Å². The number of fused-ring (bicyclic) bond motifs is 2. The van der Waals surface area contributed by atoms with Crippen LogP contribution in [0.5, 0.6) is 0 Å². The van der Waals surface area contributed by atoms with Gasteiger partial charge >= 0.3 is 0 Å². The molecule has 0 aromatic heterocycles. The molecule has 1 N–H and O–H groups in total. The third-order valence-electron chi connectivity index (χ3n) is 7.68. The van der Waals surface area contributed by atoms with Gasteiger partial charge in [0.25, 0.3) is 5.91 Å².